The third-order valence-corrected chi connectivity index (χ3v) is 6.54. The van der Waals surface area contributed by atoms with Gasteiger partial charge in [-0.25, -0.2) is 9.37 Å². The number of hydrogen-bond donors (Lipinski definition) is 2. The maximum Gasteiger partial charge on any atom is 0.239 e. The number of fused-ring (bicyclic) bond motifs is 1. The molecule has 0 spiro atoms. The number of carbonyl (C=O) groups excluding carboxylic acids is 1. The molecule has 3 aromatic carbocycles. The van der Waals surface area contributed by atoms with Gasteiger partial charge in [0.2, 0.25) is 5.91 Å². The highest BCUT2D eigenvalue weighted by Gasteiger charge is 2.29. The van der Waals surface area contributed by atoms with Crippen LogP contribution < -0.4 is 10.6 Å². The molecule has 1 atom stereocenters. The molecule has 0 saturated heterocycles. The second-order valence-corrected chi connectivity index (χ2v) is 9.22. The number of halogens is 1. The van der Waals surface area contributed by atoms with E-state index < -0.39 is 0 Å². The van der Waals surface area contributed by atoms with Crippen molar-refractivity contribution in [2.75, 3.05) is 11.9 Å². The van der Waals surface area contributed by atoms with Gasteiger partial charge in [0.15, 0.2) is 0 Å². The lowest BCUT2D eigenvalue weighted by atomic mass is 10.1. The monoisotopic (exact) mass is 517 g/mol. The molecular weight excluding hydrogens is 485 g/mol. The zero-order valence-electron chi connectivity index (χ0n) is 21.0. The van der Waals surface area contributed by atoms with Crippen molar-refractivity contribution in [2.24, 2.45) is 0 Å². The van der Waals surface area contributed by atoms with E-state index in [1.165, 1.54) is 17.7 Å². The van der Waals surface area contributed by atoms with Crippen LogP contribution in [0.25, 0.3) is 11.3 Å². The van der Waals surface area contributed by atoms with E-state index in [4.69, 9.17) is 4.98 Å². The lowest BCUT2D eigenvalue weighted by Crippen LogP contribution is -2.47. The van der Waals surface area contributed by atoms with Gasteiger partial charge >= 0.3 is 0 Å². The summed E-state index contributed by atoms with van der Waals surface area (Å²) in [5.74, 6) is 1.42. The number of carbonyl (C=O) groups is 1. The summed E-state index contributed by atoms with van der Waals surface area (Å²) in [6, 6.07) is 24.3. The number of anilines is 2. The molecule has 1 amide bonds. The maximum absolute atomic E-state index is 13.6. The van der Waals surface area contributed by atoms with Crippen LogP contribution in [0.3, 0.4) is 0 Å². The maximum atomic E-state index is 13.6. The number of aryl methyl sites for hydroxylation is 1. The first-order valence-electron chi connectivity index (χ1n) is 12.2. The van der Waals surface area contributed by atoms with Gasteiger partial charge in [0.1, 0.15) is 23.2 Å². The van der Waals surface area contributed by atoms with Crippen LogP contribution in [-0.2, 0) is 24.4 Å². The standard InChI is InChI=1S/C29H30FN5O.H2S/c1-20-8-14-25(15-9-20)32-28-27(23-10-12-24(30)13-11-23)33-26-19-34(16-17-35(26)28)29(36)21(2)31-18-22-6-4-3-5-7-22;/h3-15,21,31-32H,16-19H2,1-2H3;1H2/t21-;/m0./s1. The summed E-state index contributed by atoms with van der Waals surface area (Å²) in [5, 5.41) is 6.86. The van der Waals surface area contributed by atoms with E-state index >= 15 is 0 Å². The van der Waals surface area contributed by atoms with Gasteiger partial charge in [-0.3, -0.25) is 4.79 Å². The molecular formula is C29H32FN5OS. The van der Waals surface area contributed by atoms with Crippen molar-refractivity contribution in [1.29, 1.82) is 0 Å². The molecule has 0 aliphatic carbocycles. The summed E-state index contributed by atoms with van der Waals surface area (Å²) in [4.78, 5) is 20.0. The number of hydrogen-bond acceptors (Lipinski definition) is 4. The molecule has 37 heavy (non-hydrogen) atoms. The highest BCUT2D eigenvalue weighted by atomic mass is 32.1. The van der Waals surface area contributed by atoms with Crippen molar-refractivity contribution in [2.45, 2.75) is 39.5 Å². The largest absolute Gasteiger partial charge is 0.340 e. The van der Waals surface area contributed by atoms with E-state index in [-0.39, 0.29) is 31.3 Å². The number of benzene rings is 3. The lowest BCUT2D eigenvalue weighted by Gasteiger charge is -2.31. The third-order valence-electron chi connectivity index (χ3n) is 6.54. The van der Waals surface area contributed by atoms with Crippen LogP contribution in [0.2, 0.25) is 0 Å². The van der Waals surface area contributed by atoms with E-state index in [1.807, 2.05) is 54.3 Å². The second-order valence-electron chi connectivity index (χ2n) is 9.22. The first-order chi connectivity index (χ1) is 17.5. The number of nitrogens with zero attached hydrogens (tertiary/aromatic N) is 3. The number of amides is 1. The van der Waals surface area contributed by atoms with Crippen LogP contribution in [-0.4, -0.2) is 32.9 Å². The SMILES string of the molecule is Cc1ccc(Nc2c(-c3ccc(F)cc3)nc3n2CCN(C(=O)[C@H](C)NCc2ccccc2)C3)cc1.S. The van der Waals surface area contributed by atoms with Crippen molar-refractivity contribution in [3.63, 3.8) is 0 Å². The molecule has 2 N–H and O–H groups in total. The van der Waals surface area contributed by atoms with Crippen LogP contribution >= 0.6 is 13.5 Å². The first kappa shape index (κ1) is 26.4. The molecule has 192 valence electrons. The van der Waals surface area contributed by atoms with Crippen LogP contribution in [0, 0.1) is 12.7 Å². The fourth-order valence-corrected chi connectivity index (χ4v) is 4.46. The molecule has 0 radical (unpaired) electrons. The Morgan fingerprint density at radius 3 is 2.41 bits per heavy atom. The van der Waals surface area contributed by atoms with Gasteiger partial charge in [0, 0.05) is 30.9 Å². The normalized spacial score (nSPS) is 13.4. The second kappa shape index (κ2) is 11.6. The average molecular weight is 518 g/mol. The van der Waals surface area contributed by atoms with E-state index in [9.17, 15) is 9.18 Å². The van der Waals surface area contributed by atoms with Crippen LogP contribution in [0.4, 0.5) is 15.9 Å². The van der Waals surface area contributed by atoms with Crippen LogP contribution in [0.15, 0.2) is 78.9 Å². The Morgan fingerprint density at radius 1 is 1.00 bits per heavy atom. The zero-order valence-corrected chi connectivity index (χ0v) is 22.0. The molecule has 8 heteroatoms. The van der Waals surface area contributed by atoms with E-state index in [1.54, 1.807) is 12.1 Å². The van der Waals surface area contributed by atoms with E-state index in [0.29, 0.717) is 26.2 Å². The van der Waals surface area contributed by atoms with Gasteiger partial charge in [0.25, 0.3) is 0 Å². The molecule has 6 nitrogen and oxygen atoms in total. The number of rotatable bonds is 7. The highest BCUT2D eigenvalue weighted by molar-refractivity contribution is 7.59. The fraction of sp³-hybridized carbons (Fsp3) is 0.241. The Bertz CT molecular complexity index is 1340. The fourth-order valence-electron chi connectivity index (χ4n) is 4.46. The molecule has 4 aromatic rings. The molecule has 2 heterocycles. The van der Waals surface area contributed by atoms with Gasteiger partial charge in [0.05, 0.1) is 12.6 Å². The molecule has 1 aliphatic heterocycles. The van der Waals surface area contributed by atoms with Gasteiger partial charge in [-0.1, -0.05) is 48.0 Å². The minimum Gasteiger partial charge on any atom is -0.340 e. The summed E-state index contributed by atoms with van der Waals surface area (Å²) >= 11 is 0. The quantitative estimate of drug-likeness (QED) is 0.346. The number of aromatic nitrogens is 2. The highest BCUT2D eigenvalue weighted by Crippen LogP contribution is 2.33. The lowest BCUT2D eigenvalue weighted by molar-refractivity contribution is -0.134. The van der Waals surface area contributed by atoms with Gasteiger partial charge < -0.3 is 20.1 Å². The van der Waals surface area contributed by atoms with Crippen molar-refractivity contribution < 1.29 is 9.18 Å². The third kappa shape index (κ3) is 6.03. The number of nitrogens with one attached hydrogen (secondary N) is 2. The minimum absolute atomic E-state index is 0. The molecule has 0 fully saturated rings. The Hall–Kier alpha value is -3.62. The summed E-state index contributed by atoms with van der Waals surface area (Å²) < 4.78 is 15.7. The topological polar surface area (TPSA) is 62.2 Å². The molecule has 5 rings (SSSR count). The van der Waals surface area contributed by atoms with Gasteiger partial charge in [-0.05, 0) is 55.8 Å². The van der Waals surface area contributed by atoms with Crippen LogP contribution in [0.1, 0.15) is 23.9 Å². The van der Waals surface area contributed by atoms with E-state index in [0.717, 1.165) is 34.2 Å². The smallest absolute Gasteiger partial charge is 0.239 e. The van der Waals surface area contributed by atoms with Crippen LogP contribution in [0.5, 0.6) is 0 Å². The molecule has 0 saturated carbocycles. The Kier molecular flexibility index (Phi) is 8.31. The predicted molar refractivity (Wildman–Crippen MR) is 151 cm³/mol. The van der Waals surface area contributed by atoms with Crippen molar-refractivity contribution in [3.05, 3.63) is 102 Å². The predicted octanol–water partition coefficient (Wildman–Crippen LogP) is 5.37. The van der Waals surface area contributed by atoms with Crippen molar-refractivity contribution >= 4 is 30.9 Å². The van der Waals surface area contributed by atoms with Crippen molar-refractivity contribution in [3.8, 4) is 11.3 Å². The molecule has 1 aliphatic rings. The van der Waals surface area contributed by atoms with E-state index in [2.05, 4.69) is 34.3 Å². The Morgan fingerprint density at radius 2 is 1.70 bits per heavy atom. The Balaban J connectivity index is 0.00000320. The summed E-state index contributed by atoms with van der Waals surface area (Å²) in [6.07, 6.45) is 0. The van der Waals surface area contributed by atoms with Gasteiger partial charge in [-0.15, -0.1) is 0 Å². The van der Waals surface area contributed by atoms with Crippen molar-refractivity contribution in [1.82, 2.24) is 19.8 Å². The Labute approximate surface area is 224 Å². The first-order valence-corrected chi connectivity index (χ1v) is 12.2. The summed E-state index contributed by atoms with van der Waals surface area (Å²) in [6.45, 7) is 6.21. The molecule has 0 bridgehead atoms. The molecule has 1 aromatic heterocycles. The number of imidazole rings is 1. The summed E-state index contributed by atoms with van der Waals surface area (Å²) in [5.41, 5.74) is 4.84. The summed E-state index contributed by atoms with van der Waals surface area (Å²) in [7, 11) is 0. The van der Waals surface area contributed by atoms with Gasteiger partial charge in [-0.2, -0.15) is 13.5 Å². The minimum atomic E-state index is -0.312. The molecule has 0 unspecified atom stereocenters. The average Bonchev–Trinajstić information content (AvgIpc) is 3.26. The zero-order chi connectivity index (χ0) is 25.1.